The van der Waals surface area contributed by atoms with Gasteiger partial charge in [-0.1, -0.05) is 32.9 Å². The highest BCUT2D eigenvalue weighted by Crippen LogP contribution is 2.25. The predicted octanol–water partition coefficient (Wildman–Crippen LogP) is 3.59. The Balaban J connectivity index is 1.58. The van der Waals surface area contributed by atoms with Gasteiger partial charge in [-0.25, -0.2) is 23.1 Å². The maximum atomic E-state index is 12.4. The lowest BCUT2D eigenvalue weighted by molar-refractivity contribution is -0.118. The van der Waals surface area contributed by atoms with E-state index in [0.717, 1.165) is 5.56 Å². The van der Waals surface area contributed by atoms with E-state index < -0.39 is 10.0 Å². The molecule has 2 N–H and O–H groups in total. The number of rotatable bonds is 7. The van der Waals surface area contributed by atoms with Gasteiger partial charge in [-0.2, -0.15) is 0 Å². The van der Waals surface area contributed by atoms with Crippen molar-refractivity contribution in [2.24, 2.45) is 0 Å². The Morgan fingerprint density at radius 3 is 2.32 bits per heavy atom. The van der Waals surface area contributed by atoms with Crippen molar-refractivity contribution in [3.63, 3.8) is 0 Å². The normalized spacial score (nSPS) is 11.6. The van der Waals surface area contributed by atoms with E-state index >= 15 is 0 Å². The van der Waals surface area contributed by atoms with Gasteiger partial charge in [0, 0.05) is 18.1 Å². The lowest BCUT2D eigenvalue weighted by atomic mass is 9.87. The zero-order valence-corrected chi connectivity index (χ0v) is 18.3. The fraction of sp³-hybridized carbons (Fsp3) is 0.227. The first-order valence-corrected chi connectivity index (χ1v) is 11.0. The van der Waals surface area contributed by atoms with Gasteiger partial charge in [-0.15, -0.1) is 0 Å². The molecule has 1 heterocycles. The summed E-state index contributed by atoms with van der Waals surface area (Å²) in [4.78, 5) is 19.9. The Bertz CT molecular complexity index is 1140. The highest BCUT2D eigenvalue weighted by atomic mass is 32.2. The molecule has 0 saturated carbocycles. The molecular formula is C22H24N4O4S. The van der Waals surface area contributed by atoms with E-state index in [1.165, 1.54) is 36.7 Å². The van der Waals surface area contributed by atoms with E-state index in [2.05, 4.69) is 40.8 Å². The van der Waals surface area contributed by atoms with Crippen LogP contribution in [0, 0.1) is 0 Å². The van der Waals surface area contributed by atoms with Crippen molar-refractivity contribution in [1.29, 1.82) is 0 Å². The summed E-state index contributed by atoms with van der Waals surface area (Å²) in [6.07, 6.45) is 2.87. The smallest absolute Gasteiger partial charge is 0.264 e. The van der Waals surface area contributed by atoms with E-state index in [4.69, 9.17) is 4.74 Å². The molecule has 0 aliphatic rings. The molecule has 0 unspecified atom stereocenters. The van der Waals surface area contributed by atoms with Crippen molar-refractivity contribution in [2.45, 2.75) is 31.1 Å². The van der Waals surface area contributed by atoms with Gasteiger partial charge in [0.1, 0.15) is 5.75 Å². The lowest BCUT2D eigenvalue weighted by Crippen LogP contribution is -2.20. The molecule has 0 aliphatic heterocycles. The number of carbonyl (C=O) groups is 1. The van der Waals surface area contributed by atoms with E-state index in [1.54, 1.807) is 12.1 Å². The summed E-state index contributed by atoms with van der Waals surface area (Å²) >= 11 is 0. The molecule has 0 radical (unpaired) electrons. The number of carbonyl (C=O) groups excluding carboxylic acids is 1. The molecule has 0 spiro atoms. The Labute approximate surface area is 181 Å². The molecule has 31 heavy (non-hydrogen) atoms. The van der Waals surface area contributed by atoms with Gasteiger partial charge in [0.2, 0.25) is 5.95 Å². The summed E-state index contributed by atoms with van der Waals surface area (Å²) in [5.74, 6) is 0.235. The minimum atomic E-state index is -3.83. The van der Waals surface area contributed by atoms with Gasteiger partial charge in [0.25, 0.3) is 15.9 Å². The third-order valence-corrected chi connectivity index (χ3v) is 5.65. The van der Waals surface area contributed by atoms with Crippen LogP contribution in [0.2, 0.25) is 0 Å². The maximum absolute atomic E-state index is 12.4. The Hall–Kier alpha value is -3.46. The number of ether oxygens (including phenoxy) is 1. The minimum absolute atomic E-state index is 0.0208. The molecule has 3 aromatic rings. The quantitative estimate of drug-likeness (QED) is 0.581. The summed E-state index contributed by atoms with van der Waals surface area (Å²) in [7, 11) is -3.83. The van der Waals surface area contributed by atoms with Crippen LogP contribution in [0.5, 0.6) is 5.75 Å². The number of hydrogen-bond donors (Lipinski definition) is 2. The second-order valence-electron chi connectivity index (χ2n) is 7.82. The second kappa shape index (κ2) is 9.13. The first kappa shape index (κ1) is 22.2. The summed E-state index contributed by atoms with van der Waals surface area (Å²) < 4.78 is 32.7. The van der Waals surface area contributed by atoms with Crippen molar-refractivity contribution in [2.75, 3.05) is 16.6 Å². The zero-order valence-electron chi connectivity index (χ0n) is 17.5. The van der Waals surface area contributed by atoms with Gasteiger partial charge in [0.15, 0.2) is 6.61 Å². The van der Waals surface area contributed by atoms with Crippen LogP contribution < -0.4 is 14.8 Å². The summed E-state index contributed by atoms with van der Waals surface area (Å²) in [6.45, 7) is 6.14. The van der Waals surface area contributed by atoms with Crippen LogP contribution in [0.1, 0.15) is 26.3 Å². The molecule has 0 bridgehead atoms. The monoisotopic (exact) mass is 440 g/mol. The van der Waals surface area contributed by atoms with Crippen molar-refractivity contribution >= 4 is 27.6 Å². The Morgan fingerprint density at radius 2 is 1.68 bits per heavy atom. The molecule has 162 valence electrons. The minimum Gasteiger partial charge on any atom is -0.484 e. The largest absolute Gasteiger partial charge is 0.484 e. The van der Waals surface area contributed by atoms with Crippen LogP contribution in [0.4, 0.5) is 11.6 Å². The second-order valence-corrected chi connectivity index (χ2v) is 9.50. The first-order chi connectivity index (χ1) is 14.6. The van der Waals surface area contributed by atoms with E-state index in [1.807, 2.05) is 18.2 Å². The molecule has 3 rings (SSSR count). The number of aromatic nitrogens is 2. The topological polar surface area (TPSA) is 110 Å². The highest BCUT2D eigenvalue weighted by molar-refractivity contribution is 7.92. The van der Waals surface area contributed by atoms with E-state index in [-0.39, 0.29) is 28.8 Å². The Kier molecular flexibility index (Phi) is 6.55. The van der Waals surface area contributed by atoms with Crippen LogP contribution in [0.3, 0.4) is 0 Å². The third-order valence-electron chi connectivity index (χ3n) is 4.31. The maximum Gasteiger partial charge on any atom is 0.264 e. The van der Waals surface area contributed by atoms with Gasteiger partial charge >= 0.3 is 0 Å². The number of nitrogens with zero attached hydrogens (tertiary/aromatic N) is 2. The lowest BCUT2D eigenvalue weighted by Gasteiger charge is -2.19. The van der Waals surface area contributed by atoms with Gasteiger partial charge in [-0.3, -0.25) is 4.79 Å². The molecule has 0 fully saturated rings. The molecule has 0 atom stereocenters. The first-order valence-electron chi connectivity index (χ1n) is 9.57. The third kappa shape index (κ3) is 6.26. The Morgan fingerprint density at radius 1 is 1.00 bits per heavy atom. The molecule has 8 nitrogen and oxygen atoms in total. The van der Waals surface area contributed by atoms with Crippen LogP contribution >= 0.6 is 0 Å². The predicted molar refractivity (Wildman–Crippen MR) is 119 cm³/mol. The van der Waals surface area contributed by atoms with Crippen LogP contribution in [-0.2, 0) is 20.2 Å². The fourth-order valence-electron chi connectivity index (χ4n) is 2.65. The molecule has 1 amide bonds. The highest BCUT2D eigenvalue weighted by Gasteiger charge is 2.16. The van der Waals surface area contributed by atoms with Gasteiger partial charge in [-0.05, 0) is 53.4 Å². The molecule has 1 aromatic heterocycles. The SMILES string of the molecule is CC(C)(C)c1cccc(OCC(=O)Nc2ccc(S(=O)(=O)Nc3ncccn3)cc2)c1. The summed E-state index contributed by atoms with van der Waals surface area (Å²) in [5.41, 5.74) is 1.54. The summed E-state index contributed by atoms with van der Waals surface area (Å²) in [6, 6.07) is 15.0. The van der Waals surface area contributed by atoms with Gasteiger partial charge < -0.3 is 10.1 Å². The fourth-order valence-corrected chi connectivity index (χ4v) is 3.60. The molecular weight excluding hydrogens is 416 g/mol. The van der Waals surface area contributed by atoms with E-state index in [9.17, 15) is 13.2 Å². The number of benzene rings is 2. The number of nitrogens with one attached hydrogen (secondary N) is 2. The summed E-state index contributed by atoms with van der Waals surface area (Å²) in [5, 5.41) is 2.68. The average molecular weight is 441 g/mol. The molecule has 0 saturated heterocycles. The van der Waals surface area contributed by atoms with Crippen molar-refractivity contribution in [3.05, 3.63) is 72.6 Å². The molecule has 9 heteroatoms. The van der Waals surface area contributed by atoms with Crippen LogP contribution in [0.25, 0.3) is 0 Å². The number of hydrogen-bond acceptors (Lipinski definition) is 6. The number of sulfonamides is 1. The van der Waals surface area contributed by atoms with Crippen LogP contribution in [-0.4, -0.2) is 30.9 Å². The zero-order chi connectivity index (χ0) is 22.5. The van der Waals surface area contributed by atoms with Gasteiger partial charge in [0.05, 0.1) is 4.90 Å². The van der Waals surface area contributed by atoms with Crippen molar-refractivity contribution in [1.82, 2.24) is 9.97 Å². The molecule has 0 aliphatic carbocycles. The number of amides is 1. The molecule has 2 aromatic carbocycles. The van der Waals surface area contributed by atoms with Crippen molar-refractivity contribution in [3.8, 4) is 5.75 Å². The average Bonchev–Trinajstić information content (AvgIpc) is 2.73. The van der Waals surface area contributed by atoms with E-state index in [0.29, 0.717) is 11.4 Å². The standard InChI is InChI=1S/C22H24N4O4S/c1-22(2,3)16-6-4-7-18(14-16)30-15-20(27)25-17-8-10-19(11-9-17)31(28,29)26-21-23-12-5-13-24-21/h4-14H,15H2,1-3H3,(H,25,27)(H,23,24,26). The number of anilines is 2. The van der Waals surface area contributed by atoms with Crippen molar-refractivity contribution < 1.29 is 17.9 Å². The van der Waals surface area contributed by atoms with Crippen LogP contribution in [0.15, 0.2) is 71.9 Å².